The van der Waals surface area contributed by atoms with Crippen LogP contribution in [0.2, 0.25) is 0 Å². The molecule has 0 unspecified atom stereocenters. The molecule has 0 N–H and O–H groups in total. The SMILES string of the molecule is FCCn1c(-c2cncc(Cn3cncc3I)c2)nc2ccc(Br)cc21. The van der Waals surface area contributed by atoms with Gasteiger partial charge in [-0.15, -0.1) is 0 Å². The van der Waals surface area contributed by atoms with Gasteiger partial charge in [-0.1, -0.05) is 15.9 Å². The average Bonchev–Trinajstić information content (AvgIpc) is 3.20. The van der Waals surface area contributed by atoms with Gasteiger partial charge in [-0.2, -0.15) is 0 Å². The Morgan fingerprint density at radius 2 is 2.00 bits per heavy atom. The molecular formula is C18H14BrFIN5. The van der Waals surface area contributed by atoms with Crippen LogP contribution in [0.15, 0.2) is 53.7 Å². The first kappa shape index (κ1) is 17.6. The third-order valence-corrected chi connectivity index (χ3v) is 5.48. The van der Waals surface area contributed by atoms with Gasteiger partial charge in [-0.3, -0.25) is 4.98 Å². The Kier molecular flexibility index (Phi) is 5.03. The molecule has 0 aliphatic carbocycles. The van der Waals surface area contributed by atoms with E-state index < -0.39 is 6.67 Å². The van der Waals surface area contributed by atoms with Crippen molar-refractivity contribution in [3.63, 3.8) is 0 Å². The zero-order valence-corrected chi connectivity index (χ0v) is 17.4. The molecule has 0 bridgehead atoms. The van der Waals surface area contributed by atoms with Gasteiger partial charge in [0.15, 0.2) is 0 Å². The standard InChI is InChI=1S/C18H14BrFIN5/c19-14-1-2-15-16(6-14)26(4-3-20)18(24-15)13-5-12(7-22-8-13)10-25-11-23-9-17(25)21/h1-2,5-9,11H,3-4,10H2. The summed E-state index contributed by atoms with van der Waals surface area (Å²) in [6.45, 7) is 0.477. The molecule has 8 heteroatoms. The fourth-order valence-electron chi connectivity index (χ4n) is 2.94. The van der Waals surface area contributed by atoms with Gasteiger partial charge >= 0.3 is 0 Å². The van der Waals surface area contributed by atoms with Crippen LogP contribution >= 0.6 is 38.5 Å². The van der Waals surface area contributed by atoms with Gasteiger partial charge in [0.25, 0.3) is 0 Å². The fourth-order valence-corrected chi connectivity index (χ4v) is 3.75. The predicted molar refractivity (Wildman–Crippen MR) is 111 cm³/mol. The lowest BCUT2D eigenvalue weighted by atomic mass is 10.2. The molecule has 132 valence electrons. The van der Waals surface area contributed by atoms with Gasteiger partial charge < -0.3 is 9.13 Å². The summed E-state index contributed by atoms with van der Waals surface area (Å²) in [7, 11) is 0. The Morgan fingerprint density at radius 3 is 2.77 bits per heavy atom. The highest BCUT2D eigenvalue weighted by molar-refractivity contribution is 14.1. The maximum Gasteiger partial charge on any atom is 0.142 e. The van der Waals surface area contributed by atoms with Crippen molar-refractivity contribution in [3.8, 4) is 11.4 Å². The number of aromatic nitrogens is 5. The first-order valence-corrected chi connectivity index (χ1v) is 9.84. The minimum atomic E-state index is -0.453. The lowest BCUT2D eigenvalue weighted by Crippen LogP contribution is -2.04. The second-order valence-electron chi connectivity index (χ2n) is 5.84. The molecule has 26 heavy (non-hydrogen) atoms. The van der Waals surface area contributed by atoms with Gasteiger partial charge in [-0.05, 0) is 52.4 Å². The van der Waals surface area contributed by atoms with Crippen molar-refractivity contribution >= 4 is 49.6 Å². The zero-order valence-electron chi connectivity index (χ0n) is 13.6. The first-order chi connectivity index (χ1) is 12.7. The van der Waals surface area contributed by atoms with Crippen molar-refractivity contribution < 1.29 is 4.39 Å². The second-order valence-corrected chi connectivity index (χ2v) is 7.86. The highest BCUT2D eigenvalue weighted by Crippen LogP contribution is 2.27. The van der Waals surface area contributed by atoms with E-state index in [4.69, 9.17) is 4.98 Å². The van der Waals surface area contributed by atoms with Gasteiger partial charge in [0, 0.05) is 22.4 Å². The molecule has 0 radical (unpaired) electrons. The summed E-state index contributed by atoms with van der Waals surface area (Å²) in [6, 6.07) is 7.89. The molecule has 0 aliphatic rings. The summed E-state index contributed by atoms with van der Waals surface area (Å²) in [5, 5.41) is 0. The van der Waals surface area contributed by atoms with Crippen molar-refractivity contribution in [1.29, 1.82) is 0 Å². The van der Waals surface area contributed by atoms with Crippen LogP contribution in [0.1, 0.15) is 5.56 Å². The smallest absolute Gasteiger partial charge is 0.142 e. The van der Waals surface area contributed by atoms with E-state index in [1.807, 2.05) is 45.8 Å². The molecule has 3 aromatic heterocycles. The number of nitrogens with zero attached hydrogens (tertiary/aromatic N) is 5. The fraction of sp³-hybridized carbons (Fsp3) is 0.167. The van der Waals surface area contributed by atoms with Gasteiger partial charge in [0.2, 0.25) is 0 Å². The summed E-state index contributed by atoms with van der Waals surface area (Å²) in [5.41, 5.74) is 3.66. The van der Waals surface area contributed by atoms with Crippen LogP contribution in [-0.4, -0.2) is 30.8 Å². The van der Waals surface area contributed by atoms with E-state index in [2.05, 4.69) is 48.5 Å². The second kappa shape index (κ2) is 7.43. The minimum absolute atomic E-state index is 0.256. The van der Waals surface area contributed by atoms with Gasteiger partial charge in [0.05, 0.1) is 40.3 Å². The quantitative estimate of drug-likeness (QED) is 0.355. The summed E-state index contributed by atoms with van der Waals surface area (Å²) < 4.78 is 19.1. The molecule has 5 nitrogen and oxygen atoms in total. The summed E-state index contributed by atoms with van der Waals surface area (Å²) in [6.07, 6.45) is 7.21. The molecule has 3 heterocycles. The van der Waals surface area contributed by atoms with Crippen LogP contribution in [0.5, 0.6) is 0 Å². The number of halogens is 3. The third kappa shape index (κ3) is 3.39. The van der Waals surface area contributed by atoms with E-state index in [0.717, 1.165) is 36.2 Å². The number of pyridine rings is 1. The molecular weight excluding hydrogens is 512 g/mol. The monoisotopic (exact) mass is 525 g/mol. The van der Waals surface area contributed by atoms with E-state index in [1.165, 1.54) is 0 Å². The number of fused-ring (bicyclic) bond motifs is 1. The molecule has 4 rings (SSSR count). The Labute approximate surface area is 171 Å². The van der Waals surface area contributed by atoms with E-state index in [-0.39, 0.29) is 6.54 Å². The van der Waals surface area contributed by atoms with E-state index in [0.29, 0.717) is 6.54 Å². The van der Waals surface area contributed by atoms with Crippen molar-refractivity contribution in [1.82, 2.24) is 24.1 Å². The average molecular weight is 526 g/mol. The van der Waals surface area contributed by atoms with Crippen LogP contribution in [-0.2, 0) is 13.1 Å². The largest absolute Gasteiger partial charge is 0.322 e. The van der Waals surface area contributed by atoms with Crippen LogP contribution in [0, 0.1) is 3.70 Å². The number of rotatable bonds is 5. The molecule has 1 aromatic carbocycles. The van der Waals surface area contributed by atoms with Crippen LogP contribution in [0.3, 0.4) is 0 Å². The van der Waals surface area contributed by atoms with Crippen molar-refractivity contribution in [2.75, 3.05) is 6.67 Å². The molecule has 0 fully saturated rings. The highest BCUT2D eigenvalue weighted by Gasteiger charge is 2.14. The molecule has 0 amide bonds. The van der Waals surface area contributed by atoms with Crippen molar-refractivity contribution in [2.45, 2.75) is 13.1 Å². The lowest BCUT2D eigenvalue weighted by Gasteiger charge is -2.09. The molecule has 0 saturated carbocycles. The van der Waals surface area contributed by atoms with E-state index in [1.54, 1.807) is 12.5 Å². The lowest BCUT2D eigenvalue weighted by molar-refractivity contribution is 0.451. The number of hydrogen-bond acceptors (Lipinski definition) is 3. The van der Waals surface area contributed by atoms with Gasteiger partial charge in [0.1, 0.15) is 12.5 Å². The number of benzene rings is 1. The third-order valence-electron chi connectivity index (χ3n) is 4.09. The summed E-state index contributed by atoms with van der Waals surface area (Å²) >= 11 is 5.73. The minimum Gasteiger partial charge on any atom is -0.322 e. The highest BCUT2D eigenvalue weighted by atomic mass is 127. The molecule has 0 spiro atoms. The predicted octanol–water partition coefficient (Wildman–Crippen LogP) is 4.68. The van der Waals surface area contributed by atoms with Gasteiger partial charge in [-0.25, -0.2) is 14.4 Å². The number of imidazole rings is 2. The van der Waals surface area contributed by atoms with Crippen LogP contribution < -0.4 is 0 Å². The van der Waals surface area contributed by atoms with Crippen molar-refractivity contribution in [3.05, 3.63) is 62.9 Å². The molecule has 0 atom stereocenters. The first-order valence-electron chi connectivity index (χ1n) is 7.97. The van der Waals surface area contributed by atoms with Crippen molar-refractivity contribution in [2.24, 2.45) is 0 Å². The van der Waals surface area contributed by atoms with Crippen LogP contribution in [0.4, 0.5) is 4.39 Å². The van der Waals surface area contributed by atoms with E-state index >= 15 is 0 Å². The molecule has 0 aliphatic heterocycles. The Morgan fingerprint density at radius 1 is 1.12 bits per heavy atom. The Balaban J connectivity index is 1.78. The normalized spacial score (nSPS) is 11.3. The zero-order chi connectivity index (χ0) is 18.1. The van der Waals surface area contributed by atoms with E-state index in [9.17, 15) is 4.39 Å². The number of aryl methyl sites for hydroxylation is 1. The maximum absolute atomic E-state index is 13.2. The summed E-state index contributed by atoms with van der Waals surface area (Å²) in [5.74, 6) is 0.727. The Bertz CT molecular complexity index is 1070. The number of alkyl halides is 1. The topological polar surface area (TPSA) is 48.5 Å². The Hall–Kier alpha value is -1.81. The summed E-state index contributed by atoms with van der Waals surface area (Å²) in [4.78, 5) is 13.2. The number of hydrogen-bond donors (Lipinski definition) is 0. The van der Waals surface area contributed by atoms with Crippen LogP contribution in [0.25, 0.3) is 22.4 Å². The maximum atomic E-state index is 13.2. The molecule has 0 saturated heterocycles. The molecule has 4 aromatic rings.